The van der Waals surface area contributed by atoms with Gasteiger partial charge in [0.15, 0.2) is 24.4 Å². The lowest BCUT2D eigenvalue weighted by Gasteiger charge is -2.36. The molecule has 6 rings (SSSR count). The molecule has 0 radical (unpaired) electrons. The average molecular weight is 1290 g/mol. The van der Waals surface area contributed by atoms with E-state index in [1.54, 1.807) is 49.1 Å². The smallest absolute Gasteiger partial charge is 0.337 e. The van der Waals surface area contributed by atoms with Crippen LogP contribution in [0.5, 0.6) is 0 Å². The highest BCUT2D eigenvalue weighted by molar-refractivity contribution is 5.93. The first-order chi connectivity index (χ1) is 43.0. The van der Waals surface area contributed by atoms with Crippen LogP contribution in [0, 0.1) is 0 Å². The van der Waals surface area contributed by atoms with E-state index >= 15 is 0 Å². The van der Waals surface area contributed by atoms with Gasteiger partial charge in [0.25, 0.3) is 5.91 Å². The van der Waals surface area contributed by atoms with Crippen LogP contribution in [0.25, 0.3) is 0 Å². The highest BCUT2D eigenvalue weighted by Crippen LogP contribution is 2.22. The first kappa shape index (κ1) is 76.4. The van der Waals surface area contributed by atoms with Gasteiger partial charge in [-0.3, -0.25) is 68.5 Å². The molecule has 0 saturated heterocycles. The molecule has 0 spiro atoms. The van der Waals surface area contributed by atoms with Crippen LogP contribution < -0.4 is 0 Å². The van der Waals surface area contributed by atoms with Gasteiger partial charge < -0.3 is 59.2 Å². The van der Waals surface area contributed by atoms with Crippen molar-refractivity contribution in [2.45, 2.75) is 142 Å². The van der Waals surface area contributed by atoms with Crippen LogP contribution in [0.4, 0.5) is 0 Å². The average Bonchev–Trinajstić information content (AvgIpc) is 2.15. The number of carboxylic acid groups (broad SMARTS) is 1. The molecule has 28 heteroatoms. The van der Waals surface area contributed by atoms with Crippen LogP contribution in [0.3, 0.4) is 0 Å². The summed E-state index contributed by atoms with van der Waals surface area (Å²) in [6.07, 6.45) is -0.787. The molecule has 0 saturated carbocycles. The molecule has 0 aliphatic heterocycles. The van der Waals surface area contributed by atoms with Crippen LogP contribution in [0.15, 0.2) is 134 Å². The fourth-order valence-electron chi connectivity index (χ4n) is 8.69. The van der Waals surface area contributed by atoms with Gasteiger partial charge in [-0.2, -0.15) is 0 Å². The lowest BCUT2D eigenvalue weighted by molar-refractivity contribution is -0.203. The molecule has 0 aliphatic carbocycles. The number of halogens is 1. The number of amides is 1. The summed E-state index contributed by atoms with van der Waals surface area (Å²) in [5.41, 5.74) is 5.50. The number of likely N-dealkylation sites (N-methyl/N-ethyl adjacent to an activating group) is 1. The number of hydrogen-bond acceptors (Lipinski definition) is 25. The molecule has 0 aliphatic rings. The predicted octanol–water partition coefficient (Wildman–Crippen LogP) is 3.85. The van der Waals surface area contributed by atoms with Crippen molar-refractivity contribution in [2.75, 3.05) is 26.8 Å². The molecule has 27 nitrogen and oxygen atoms in total. The number of carbonyl (C=O) groups is 7. The molecule has 0 bridgehead atoms. The van der Waals surface area contributed by atoms with Gasteiger partial charge in [-0.25, -0.2) is 4.79 Å². The summed E-state index contributed by atoms with van der Waals surface area (Å²) < 4.78 is 26.7. The Morgan fingerprint density at radius 2 is 0.835 bits per heavy atom. The van der Waals surface area contributed by atoms with Gasteiger partial charge in [-0.05, 0) is 79.2 Å². The molecule has 91 heavy (non-hydrogen) atoms. The number of carboxylic acids is 1. The minimum Gasteiger partial charge on any atom is -0.478 e. The fraction of sp³-hybridized carbons (Fsp3) is 0.413. The summed E-state index contributed by atoms with van der Waals surface area (Å²) in [6.45, 7) is 8.95. The third-order valence-corrected chi connectivity index (χ3v) is 12.8. The van der Waals surface area contributed by atoms with Crippen molar-refractivity contribution in [3.05, 3.63) is 180 Å². The zero-order valence-corrected chi connectivity index (χ0v) is 52.4. The third-order valence-electron chi connectivity index (χ3n) is 12.8. The quantitative estimate of drug-likeness (QED) is 0.0266. The number of rotatable bonds is 31. The minimum atomic E-state index is -1.63. The summed E-state index contributed by atoms with van der Waals surface area (Å²) in [6, 6.07) is 29.6. The van der Waals surface area contributed by atoms with Gasteiger partial charge in [0, 0.05) is 118 Å². The van der Waals surface area contributed by atoms with E-state index in [0.717, 1.165) is 63.1 Å². The van der Waals surface area contributed by atoms with Crippen molar-refractivity contribution < 1.29 is 87.9 Å². The summed E-state index contributed by atoms with van der Waals surface area (Å²) in [5, 5.41) is 54.0. The Kier molecular flexibility index (Phi) is 34.2. The fourth-order valence-corrected chi connectivity index (χ4v) is 8.69. The third kappa shape index (κ3) is 28.7. The van der Waals surface area contributed by atoms with E-state index in [1.807, 2.05) is 79.7 Å². The Hall–Kier alpha value is -8.80. The second-order valence-corrected chi connectivity index (χ2v) is 20.5. The maximum Gasteiger partial charge on any atom is 0.337 e. The maximum absolute atomic E-state index is 13.6. The van der Waals surface area contributed by atoms with Crippen molar-refractivity contribution in [2.24, 2.45) is 0 Å². The van der Waals surface area contributed by atoms with Gasteiger partial charge in [0.2, 0.25) is 0 Å². The van der Waals surface area contributed by atoms with Crippen molar-refractivity contribution in [1.29, 1.82) is 0 Å². The molecule has 492 valence electrons. The first-order valence-electron chi connectivity index (χ1n) is 28.5. The SMILES string of the molecule is CC(=O)OC[C@@H](OC(C)=O)[C@@H](OC(C)=O)[C@H](OC(C)=O)[C@H](CN(C)C(=O)c1ccc(CN(Cc2ccccn2)Cc2ccccn2)nc1)OC(C)=O.CCC[C@H](O)[C@@H](O)[C@H](O)[C@H](O)CO.Cl.O=C(O)c1ccc(CN(Cc2ccccn2)Cc2ccccn2)nc1. The highest BCUT2D eigenvalue weighted by atomic mass is 35.5. The predicted molar refractivity (Wildman–Crippen MR) is 327 cm³/mol. The summed E-state index contributed by atoms with van der Waals surface area (Å²) >= 11 is 0. The number of aliphatic hydroxyl groups excluding tert-OH is 5. The number of aromatic carboxylic acids is 1. The van der Waals surface area contributed by atoms with Crippen LogP contribution >= 0.6 is 12.4 Å². The van der Waals surface area contributed by atoms with Gasteiger partial charge in [-0.15, -0.1) is 12.4 Å². The van der Waals surface area contributed by atoms with Crippen molar-refractivity contribution in [1.82, 2.24) is 44.6 Å². The number of esters is 5. The highest BCUT2D eigenvalue weighted by Gasteiger charge is 2.45. The van der Waals surface area contributed by atoms with E-state index < -0.39 is 104 Å². The van der Waals surface area contributed by atoms with Gasteiger partial charge in [-0.1, -0.05) is 37.6 Å². The van der Waals surface area contributed by atoms with E-state index in [1.165, 1.54) is 24.3 Å². The number of pyridine rings is 6. The lowest BCUT2D eigenvalue weighted by atomic mass is 10.0. The van der Waals surface area contributed by atoms with E-state index in [4.69, 9.17) is 44.1 Å². The van der Waals surface area contributed by atoms with E-state index in [0.29, 0.717) is 57.8 Å². The molecule has 6 N–H and O–H groups in total. The second-order valence-electron chi connectivity index (χ2n) is 20.5. The van der Waals surface area contributed by atoms with Gasteiger partial charge in [0.1, 0.15) is 24.9 Å². The number of aromatic nitrogens is 6. The molecule has 0 aromatic carbocycles. The second kappa shape index (κ2) is 40.8. The Balaban J connectivity index is 0.000000453. The Bertz CT molecular complexity index is 3050. The lowest BCUT2D eigenvalue weighted by Crippen LogP contribution is -2.55. The van der Waals surface area contributed by atoms with Crippen LogP contribution in [0.1, 0.15) is 109 Å². The topological polar surface area (TPSA) is 374 Å². The number of ether oxygens (including phenoxy) is 5. The number of aliphatic hydroxyl groups is 5. The maximum atomic E-state index is 13.6. The Morgan fingerprint density at radius 3 is 1.15 bits per heavy atom. The normalized spacial score (nSPS) is 13.4. The number of hydrogen-bond donors (Lipinski definition) is 6. The first-order valence-corrected chi connectivity index (χ1v) is 28.5. The number of carbonyl (C=O) groups excluding carboxylic acids is 6. The molecular formula is C63H80ClN9O18. The van der Waals surface area contributed by atoms with Crippen LogP contribution in [0.2, 0.25) is 0 Å². The van der Waals surface area contributed by atoms with E-state index in [2.05, 4.69) is 39.7 Å². The van der Waals surface area contributed by atoms with E-state index in [9.17, 15) is 43.8 Å². The molecule has 1 amide bonds. The molecular weight excluding hydrogens is 1210 g/mol. The molecule has 0 unspecified atom stereocenters. The van der Waals surface area contributed by atoms with E-state index in [-0.39, 0.29) is 30.1 Å². The Morgan fingerprint density at radius 1 is 0.473 bits per heavy atom. The summed E-state index contributed by atoms with van der Waals surface area (Å²) in [5.74, 6) is -5.64. The van der Waals surface area contributed by atoms with Crippen LogP contribution in [-0.2, 0) is 86.9 Å². The molecule has 0 fully saturated rings. The Labute approximate surface area is 533 Å². The molecule has 6 aromatic heterocycles. The largest absolute Gasteiger partial charge is 0.478 e. The number of nitrogens with zero attached hydrogens (tertiary/aromatic N) is 9. The zero-order chi connectivity index (χ0) is 66.1. The van der Waals surface area contributed by atoms with Gasteiger partial charge >= 0.3 is 35.8 Å². The van der Waals surface area contributed by atoms with Crippen LogP contribution in [-0.4, -0.2) is 193 Å². The summed E-state index contributed by atoms with van der Waals surface area (Å²) in [4.78, 5) is 117. The standard InChI is InChI=1S/C36H43N5O11.C19H18N4O2.C8H18O5.ClH/c1-23(42)48-22-33(50-25(3)44)35(52-27(5)46)34(51-26(4)45)32(49-24(2)43)21-40(6)36(47)28-13-14-31(39-17-28)20-41(18-29-11-7-9-15-37-29)19-30-12-8-10-16-38-30;24-19(25)15-7-8-18(22-11-15)14-23(12-16-5-1-3-9-20-16)13-17-6-2-4-10-21-17;1-2-3-5(10)7(12)8(13)6(11)4-9;/h7-17,32-35H,18-22H2,1-6H3;1-11H,12-14H2,(H,24,25);5-13H,2-4H2,1H3;1H/t32-,33+,34+,35+;;5-,6+,7+,8+;/m0.0./s1. The van der Waals surface area contributed by atoms with Crippen molar-refractivity contribution in [3.63, 3.8) is 0 Å². The van der Waals surface area contributed by atoms with Crippen molar-refractivity contribution >= 4 is 54.1 Å². The monoisotopic (exact) mass is 1290 g/mol. The molecule has 6 heterocycles. The van der Waals surface area contributed by atoms with Gasteiger partial charge in [0.05, 0.1) is 64.5 Å². The molecule has 6 aromatic rings. The molecule has 8 atom stereocenters. The summed E-state index contributed by atoms with van der Waals surface area (Å²) in [7, 11) is 1.42. The zero-order valence-electron chi connectivity index (χ0n) is 51.6. The minimum absolute atomic E-state index is 0. The van der Waals surface area contributed by atoms with Crippen molar-refractivity contribution in [3.8, 4) is 0 Å².